The van der Waals surface area contributed by atoms with Gasteiger partial charge in [0.15, 0.2) is 0 Å². The van der Waals surface area contributed by atoms with Crippen LogP contribution in [0.1, 0.15) is 21.6 Å². The van der Waals surface area contributed by atoms with Crippen molar-refractivity contribution in [2.24, 2.45) is 0 Å². The lowest BCUT2D eigenvalue weighted by Gasteiger charge is -2.09. The zero-order valence-corrected chi connectivity index (χ0v) is 11.8. The number of nitrogens with zero attached hydrogens (tertiary/aromatic N) is 1. The molecule has 1 aromatic carbocycles. The summed E-state index contributed by atoms with van der Waals surface area (Å²) in [7, 11) is 0. The van der Waals surface area contributed by atoms with E-state index in [0.29, 0.717) is 5.75 Å². The predicted octanol–water partition coefficient (Wildman–Crippen LogP) is 4.05. The van der Waals surface area contributed by atoms with Crippen LogP contribution in [0, 0.1) is 13.8 Å². The Morgan fingerprint density at radius 2 is 1.86 bits per heavy atom. The molecule has 4 nitrogen and oxygen atoms in total. The largest absolute Gasteiger partial charge is 0.477 e. The summed E-state index contributed by atoms with van der Waals surface area (Å²) in [6.07, 6.45) is 1.71. The fourth-order valence-corrected chi connectivity index (χ4v) is 2.41. The summed E-state index contributed by atoms with van der Waals surface area (Å²) >= 11 is 0. The summed E-state index contributed by atoms with van der Waals surface area (Å²) in [6, 6.07) is 13.3. The first-order valence-corrected chi connectivity index (χ1v) is 6.65. The maximum absolute atomic E-state index is 11.4. The first-order valence-electron chi connectivity index (χ1n) is 6.65. The summed E-state index contributed by atoms with van der Waals surface area (Å²) in [5.41, 5.74) is 2.86. The highest BCUT2D eigenvalue weighted by Crippen LogP contribution is 2.26. The highest BCUT2D eigenvalue weighted by molar-refractivity contribution is 5.89. The molecule has 0 bridgehead atoms. The van der Waals surface area contributed by atoms with Crippen molar-refractivity contribution in [1.29, 1.82) is 0 Å². The third-order valence-corrected chi connectivity index (χ3v) is 3.46. The van der Waals surface area contributed by atoms with E-state index in [1.807, 2.05) is 49.4 Å². The van der Waals surface area contributed by atoms with Gasteiger partial charge in [0.2, 0.25) is 0 Å². The number of aromatic carboxylic acids is 1. The summed E-state index contributed by atoms with van der Waals surface area (Å²) in [4.78, 5) is 11.4. The van der Waals surface area contributed by atoms with Crippen molar-refractivity contribution in [1.82, 2.24) is 4.40 Å². The first-order chi connectivity index (χ1) is 10.1. The van der Waals surface area contributed by atoms with Gasteiger partial charge in [0.05, 0.1) is 6.20 Å². The van der Waals surface area contributed by atoms with Crippen LogP contribution in [0.15, 0.2) is 48.7 Å². The molecule has 0 fully saturated rings. The van der Waals surface area contributed by atoms with Crippen LogP contribution < -0.4 is 4.74 Å². The molecule has 106 valence electrons. The van der Waals surface area contributed by atoms with Crippen molar-refractivity contribution in [3.63, 3.8) is 0 Å². The van der Waals surface area contributed by atoms with Gasteiger partial charge in [-0.3, -0.25) is 0 Å². The van der Waals surface area contributed by atoms with Crippen LogP contribution in [0.2, 0.25) is 0 Å². The summed E-state index contributed by atoms with van der Waals surface area (Å²) in [5, 5.41) is 9.32. The van der Waals surface area contributed by atoms with Crippen LogP contribution in [-0.2, 0) is 0 Å². The Balaban J connectivity index is 2.07. The lowest BCUT2D eigenvalue weighted by Crippen LogP contribution is -2.03. The lowest BCUT2D eigenvalue weighted by molar-refractivity contribution is 0.0688. The third kappa shape index (κ3) is 2.36. The predicted molar refractivity (Wildman–Crippen MR) is 80.3 cm³/mol. The smallest absolute Gasteiger partial charge is 0.353 e. The number of hydrogen-bond donors (Lipinski definition) is 1. The van der Waals surface area contributed by atoms with E-state index in [1.165, 1.54) is 0 Å². The van der Waals surface area contributed by atoms with Crippen LogP contribution in [0.4, 0.5) is 0 Å². The number of aryl methyl sites for hydroxylation is 2. The average Bonchev–Trinajstić information content (AvgIpc) is 2.76. The first kappa shape index (κ1) is 13.2. The van der Waals surface area contributed by atoms with E-state index in [9.17, 15) is 9.90 Å². The van der Waals surface area contributed by atoms with Gasteiger partial charge >= 0.3 is 5.97 Å². The minimum Gasteiger partial charge on any atom is -0.477 e. The Hall–Kier alpha value is -2.75. The molecule has 0 aliphatic carbocycles. The number of aromatic nitrogens is 1. The molecular formula is C17H15NO3. The lowest BCUT2D eigenvalue weighted by atomic mass is 10.2. The Kier molecular flexibility index (Phi) is 3.14. The number of carboxylic acid groups (broad SMARTS) is 1. The van der Waals surface area contributed by atoms with Crippen molar-refractivity contribution in [2.75, 3.05) is 0 Å². The Bertz CT molecular complexity index is 833. The van der Waals surface area contributed by atoms with Gasteiger partial charge in [-0.15, -0.1) is 0 Å². The van der Waals surface area contributed by atoms with Crippen LogP contribution in [0.5, 0.6) is 11.5 Å². The molecule has 0 saturated carbocycles. The van der Waals surface area contributed by atoms with Crippen LogP contribution in [0.25, 0.3) is 5.52 Å². The van der Waals surface area contributed by atoms with Gasteiger partial charge in [0.1, 0.15) is 17.2 Å². The molecule has 0 atom stereocenters. The molecule has 0 spiro atoms. The van der Waals surface area contributed by atoms with Gasteiger partial charge in [-0.05, 0) is 49.2 Å². The van der Waals surface area contributed by atoms with E-state index in [1.54, 1.807) is 17.5 Å². The third-order valence-electron chi connectivity index (χ3n) is 3.46. The van der Waals surface area contributed by atoms with Gasteiger partial charge in [0, 0.05) is 5.52 Å². The zero-order chi connectivity index (χ0) is 15.0. The standard InChI is InChI=1S/C17H15NO3/c1-11-5-3-4-6-15(11)21-14-8-7-13-9-12(2)16(17(19)20)18(13)10-14/h3-10H,1-2H3,(H,19,20). The van der Waals surface area contributed by atoms with E-state index in [0.717, 1.165) is 22.4 Å². The molecule has 21 heavy (non-hydrogen) atoms. The number of carboxylic acids is 1. The van der Waals surface area contributed by atoms with E-state index in [4.69, 9.17) is 4.74 Å². The fraction of sp³-hybridized carbons (Fsp3) is 0.118. The van der Waals surface area contributed by atoms with Crippen molar-refractivity contribution in [2.45, 2.75) is 13.8 Å². The molecule has 0 saturated heterocycles. The number of ether oxygens (including phenoxy) is 1. The zero-order valence-electron chi connectivity index (χ0n) is 11.8. The van der Waals surface area contributed by atoms with Gasteiger partial charge in [-0.25, -0.2) is 4.79 Å². The summed E-state index contributed by atoms with van der Waals surface area (Å²) < 4.78 is 7.49. The topological polar surface area (TPSA) is 50.9 Å². The van der Waals surface area contributed by atoms with Gasteiger partial charge in [-0.1, -0.05) is 18.2 Å². The van der Waals surface area contributed by atoms with Gasteiger partial charge < -0.3 is 14.2 Å². The van der Waals surface area contributed by atoms with E-state index >= 15 is 0 Å². The quantitative estimate of drug-likeness (QED) is 0.788. The molecule has 0 unspecified atom stereocenters. The number of rotatable bonds is 3. The monoisotopic (exact) mass is 281 g/mol. The van der Waals surface area contributed by atoms with E-state index < -0.39 is 5.97 Å². The number of pyridine rings is 1. The number of carbonyl (C=O) groups is 1. The van der Waals surface area contributed by atoms with Gasteiger partial charge in [0.25, 0.3) is 0 Å². The molecule has 1 N–H and O–H groups in total. The molecular weight excluding hydrogens is 266 g/mol. The van der Waals surface area contributed by atoms with Gasteiger partial charge in [-0.2, -0.15) is 0 Å². The number of benzene rings is 1. The minimum absolute atomic E-state index is 0.264. The molecule has 2 aromatic heterocycles. The molecule has 2 heterocycles. The SMILES string of the molecule is Cc1ccccc1Oc1ccc2cc(C)c(C(=O)O)n2c1. The Labute approximate surface area is 122 Å². The van der Waals surface area contributed by atoms with E-state index in [-0.39, 0.29) is 5.69 Å². The van der Waals surface area contributed by atoms with Crippen molar-refractivity contribution in [3.8, 4) is 11.5 Å². The fourth-order valence-electron chi connectivity index (χ4n) is 2.41. The van der Waals surface area contributed by atoms with Crippen molar-refractivity contribution >= 4 is 11.5 Å². The second kappa shape index (κ2) is 4.98. The van der Waals surface area contributed by atoms with E-state index in [2.05, 4.69) is 0 Å². The molecule has 0 aliphatic rings. The average molecular weight is 281 g/mol. The van der Waals surface area contributed by atoms with Crippen molar-refractivity contribution < 1.29 is 14.6 Å². The molecule has 0 radical (unpaired) electrons. The number of para-hydroxylation sites is 1. The highest BCUT2D eigenvalue weighted by atomic mass is 16.5. The Morgan fingerprint density at radius 3 is 2.57 bits per heavy atom. The number of fused-ring (bicyclic) bond motifs is 1. The molecule has 4 heteroatoms. The number of hydrogen-bond acceptors (Lipinski definition) is 2. The molecule has 3 aromatic rings. The molecule has 0 aliphatic heterocycles. The summed E-state index contributed by atoms with van der Waals surface area (Å²) in [6.45, 7) is 3.76. The molecule has 3 rings (SSSR count). The van der Waals surface area contributed by atoms with Crippen molar-refractivity contribution in [3.05, 3.63) is 65.5 Å². The summed E-state index contributed by atoms with van der Waals surface area (Å²) in [5.74, 6) is 0.424. The molecule has 0 amide bonds. The second-order valence-electron chi connectivity index (χ2n) is 5.01. The van der Waals surface area contributed by atoms with Crippen LogP contribution in [-0.4, -0.2) is 15.5 Å². The maximum Gasteiger partial charge on any atom is 0.353 e. The van der Waals surface area contributed by atoms with Crippen LogP contribution >= 0.6 is 0 Å². The Morgan fingerprint density at radius 1 is 1.10 bits per heavy atom. The second-order valence-corrected chi connectivity index (χ2v) is 5.01. The minimum atomic E-state index is -0.944. The normalized spacial score (nSPS) is 10.8. The van der Waals surface area contributed by atoms with Crippen LogP contribution in [0.3, 0.4) is 0 Å². The maximum atomic E-state index is 11.4. The highest BCUT2D eigenvalue weighted by Gasteiger charge is 2.14.